The molecule has 1 fully saturated rings. The SMILES string of the molecule is C[C@H]1CCCC[C@H]1NC(=S)N/N=C\c1ccc(-c2ccc(S(N)(=O)=O)cc2)o1. The predicted octanol–water partition coefficient (Wildman–Crippen LogP) is 2.97. The van der Waals surface area contributed by atoms with Crippen molar-refractivity contribution in [2.75, 3.05) is 0 Å². The highest BCUT2D eigenvalue weighted by atomic mass is 32.2. The van der Waals surface area contributed by atoms with Gasteiger partial charge in [0.1, 0.15) is 11.5 Å². The lowest BCUT2D eigenvalue weighted by Crippen LogP contribution is -2.44. The number of nitrogens with zero attached hydrogens (tertiary/aromatic N) is 1. The average molecular weight is 421 g/mol. The molecule has 1 saturated carbocycles. The van der Waals surface area contributed by atoms with E-state index < -0.39 is 10.0 Å². The van der Waals surface area contributed by atoms with Crippen LogP contribution in [0.1, 0.15) is 38.4 Å². The van der Waals surface area contributed by atoms with Crippen molar-refractivity contribution in [2.24, 2.45) is 16.2 Å². The van der Waals surface area contributed by atoms with Crippen molar-refractivity contribution in [1.29, 1.82) is 0 Å². The smallest absolute Gasteiger partial charge is 0.238 e. The quantitative estimate of drug-likeness (QED) is 0.390. The van der Waals surface area contributed by atoms with Crippen LogP contribution in [-0.2, 0) is 10.0 Å². The van der Waals surface area contributed by atoms with E-state index in [-0.39, 0.29) is 4.90 Å². The number of hydrazone groups is 1. The largest absolute Gasteiger partial charge is 0.455 e. The number of thiocarbonyl (C=S) groups is 1. The summed E-state index contributed by atoms with van der Waals surface area (Å²) in [4.78, 5) is 0.0575. The molecule has 0 saturated heterocycles. The maximum atomic E-state index is 11.3. The molecule has 0 aliphatic heterocycles. The van der Waals surface area contributed by atoms with Crippen LogP contribution in [0.5, 0.6) is 0 Å². The summed E-state index contributed by atoms with van der Waals surface area (Å²) >= 11 is 5.30. The Bertz CT molecular complexity index is 952. The first-order valence-corrected chi connectivity index (χ1v) is 11.1. The number of furan rings is 1. The first kappa shape index (κ1) is 20.5. The molecule has 0 radical (unpaired) electrons. The average Bonchev–Trinajstić information content (AvgIpc) is 3.12. The second-order valence-corrected chi connectivity index (χ2v) is 8.95. The van der Waals surface area contributed by atoms with Crippen LogP contribution in [0, 0.1) is 5.92 Å². The zero-order valence-electron chi connectivity index (χ0n) is 15.6. The minimum Gasteiger partial charge on any atom is -0.455 e. The molecule has 2 atom stereocenters. The van der Waals surface area contributed by atoms with E-state index in [2.05, 4.69) is 22.8 Å². The fraction of sp³-hybridized carbons (Fsp3) is 0.368. The lowest BCUT2D eigenvalue weighted by Gasteiger charge is -2.30. The van der Waals surface area contributed by atoms with Gasteiger partial charge in [-0.2, -0.15) is 5.10 Å². The Morgan fingerprint density at radius 3 is 2.61 bits per heavy atom. The Morgan fingerprint density at radius 2 is 1.93 bits per heavy atom. The van der Waals surface area contributed by atoms with Crippen molar-refractivity contribution in [3.8, 4) is 11.3 Å². The van der Waals surface area contributed by atoms with E-state index in [4.69, 9.17) is 21.8 Å². The zero-order chi connectivity index (χ0) is 20.1. The summed E-state index contributed by atoms with van der Waals surface area (Å²) in [5, 5.41) is 13.0. The topological polar surface area (TPSA) is 110 Å². The Kier molecular flexibility index (Phi) is 6.48. The van der Waals surface area contributed by atoms with E-state index in [1.54, 1.807) is 30.5 Å². The van der Waals surface area contributed by atoms with Gasteiger partial charge in [0.15, 0.2) is 5.11 Å². The third kappa shape index (κ3) is 5.40. The van der Waals surface area contributed by atoms with E-state index in [9.17, 15) is 8.42 Å². The number of benzene rings is 1. The standard InChI is InChI=1S/C19H24N4O3S2/c1-13-4-2-3-5-17(13)22-19(27)23-21-12-15-8-11-18(26-15)14-6-9-16(10-7-14)28(20,24)25/h6-13,17H,2-5H2,1H3,(H2,20,24,25)(H2,22,23,27)/b21-12-/t13-,17+/m0/s1. The first-order valence-electron chi connectivity index (χ1n) is 9.15. The van der Waals surface area contributed by atoms with E-state index in [0.29, 0.717) is 28.6 Å². The van der Waals surface area contributed by atoms with Gasteiger partial charge in [-0.3, -0.25) is 5.43 Å². The molecule has 4 N–H and O–H groups in total. The molecule has 1 aromatic carbocycles. The molecule has 1 heterocycles. The molecule has 7 nitrogen and oxygen atoms in total. The third-order valence-electron chi connectivity index (χ3n) is 4.88. The zero-order valence-corrected chi connectivity index (χ0v) is 17.2. The van der Waals surface area contributed by atoms with Crippen molar-refractivity contribution in [2.45, 2.75) is 43.5 Å². The number of sulfonamides is 1. The van der Waals surface area contributed by atoms with Crippen molar-refractivity contribution < 1.29 is 12.8 Å². The number of hydrogen-bond donors (Lipinski definition) is 3. The molecule has 2 aromatic rings. The molecule has 9 heteroatoms. The molecule has 150 valence electrons. The second-order valence-electron chi connectivity index (χ2n) is 6.98. The van der Waals surface area contributed by atoms with Gasteiger partial charge in [0.05, 0.1) is 11.1 Å². The monoisotopic (exact) mass is 420 g/mol. The first-order chi connectivity index (χ1) is 13.3. The molecule has 3 rings (SSSR count). The molecular formula is C19H24N4O3S2. The minimum absolute atomic E-state index is 0.0575. The lowest BCUT2D eigenvalue weighted by atomic mass is 9.86. The summed E-state index contributed by atoms with van der Waals surface area (Å²) in [5.41, 5.74) is 3.56. The number of primary sulfonamides is 1. The summed E-state index contributed by atoms with van der Waals surface area (Å²) in [5.74, 6) is 1.75. The predicted molar refractivity (Wildman–Crippen MR) is 113 cm³/mol. The second kappa shape index (κ2) is 8.85. The van der Waals surface area contributed by atoms with Crippen LogP contribution in [0.25, 0.3) is 11.3 Å². The summed E-state index contributed by atoms with van der Waals surface area (Å²) in [7, 11) is -3.71. The fourth-order valence-electron chi connectivity index (χ4n) is 3.27. The molecule has 0 spiro atoms. The Balaban J connectivity index is 1.56. The highest BCUT2D eigenvalue weighted by Gasteiger charge is 2.21. The highest BCUT2D eigenvalue weighted by molar-refractivity contribution is 7.89. The fourth-order valence-corrected chi connectivity index (χ4v) is 3.99. The highest BCUT2D eigenvalue weighted by Crippen LogP contribution is 2.24. The van der Waals surface area contributed by atoms with Gasteiger partial charge in [-0.1, -0.05) is 19.8 Å². The van der Waals surface area contributed by atoms with Gasteiger partial charge in [0.25, 0.3) is 0 Å². The number of nitrogens with two attached hydrogens (primary N) is 1. The number of rotatable bonds is 5. The molecule has 1 aliphatic rings. The lowest BCUT2D eigenvalue weighted by molar-refractivity contribution is 0.308. The van der Waals surface area contributed by atoms with Crippen LogP contribution in [0.3, 0.4) is 0 Å². The van der Waals surface area contributed by atoms with E-state index in [1.165, 1.54) is 31.4 Å². The van der Waals surface area contributed by atoms with Gasteiger partial charge >= 0.3 is 0 Å². The minimum atomic E-state index is -3.71. The van der Waals surface area contributed by atoms with Gasteiger partial charge < -0.3 is 9.73 Å². The molecule has 0 bridgehead atoms. The van der Waals surface area contributed by atoms with Crippen LogP contribution in [0.15, 0.2) is 50.8 Å². The van der Waals surface area contributed by atoms with E-state index in [1.807, 2.05) is 0 Å². The molecular weight excluding hydrogens is 396 g/mol. The van der Waals surface area contributed by atoms with Crippen LogP contribution >= 0.6 is 12.2 Å². The van der Waals surface area contributed by atoms with Crippen LogP contribution in [0.4, 0.5) is 0 Å². The maximum absolute atomic E-state index is 11.3. The van der Waals surface area contributed by atoms with Crippen LogP contribution in [-0.4, -0.2) is 25.8 Å². The Hall–Kier alpha value is -2.23. The molecule has 0 unspecified atom stereocenters. The van der Waals surface area contributed by atoms with Crippen molar-refractivity contribution >= 4 is 33.6 Å². The summed E-state index contributed by atoms with van der Waals surface area (Å²) < 4.78 is 28.3. The molecule has 28 heavy (non-hydrogen) atoms. The van der Waals surface area contributed by atoms with E-state index in [0.717, 1.165) is 12.0 Å². The molecule has 0 amide bonds. The van der Waals surface area contributed by atoms with E-state index >= 15 is 0 Å². The normalized spacial score (nSPS) is 20.2. The summed E-state index contributed by atoms with van der Waals surface area (Å²) in [6.45, 7) is 2.24. The molecule has 1 aromatic heterocycles. The van der Waals surface area contributed by atoms with Crippen molar-refractivity contribution in [1.82, 2.24) is 10.7 Å². The Labute approximate surface area is 170 Å². The van der Waals surface area contributed by atoms with Gasteiger partial charge in [0.2, 0.25) is 10.0 Å². The maximum Gasteiger partial charge on any atom is 0.238 e. The van der Waals surface area contributed by atoms with Crippen molar-refractivity contribution in [3.05, 3.63) is 42.2 Å². The summed E-state index contributed by atoms with van der Waals surface area (Å²) in [6, 6.07) is 10.1. The number of hydrogen-bond acceptors (Lipinski definition) is 5. The van der Waals surface area contributed by atoms with Crippen LogP contribution in [0.2, 0.25) is 0 Å². The summed E-state index contributed by atoms with van der Waals surface area (Å²) in [6.07, 6.45) is 6.39. The van der Waals surface area contributed by atoms with Gasteiger partial charge in [0, 0.05) is 11.6 Å². The van der Waals surface area contributed by atoms with Gasteiger partial charge in [-0.15, -0.1) is 0 Å². The van der Waals surface area contributed by atoms with Crippen molar-refractivity contribution in [3.63, 3.8) is 0 Å². The number of nitrogens with one attached hydrogen (secondary N) is 2. The van der Waals surface area contributed by atoms with Gasteiger partial charge in [-0.05, 0) is 67.4 Å². The van der Waals surface area contributed by atoms with Gasteiger partial charge in [-0.25, -0.2) is 13.6 Å². The van der Waals surface area contributed by atoms with Crippen LogP contribution < -0.4 is 15.9 Å². The Morgan fingerprint density at radius 1 is 1.21 bits per heavy atom. The molecule has 1 aliphatic carbocycles. The third-order valence-corrected chi connectivity index (χ3v) is 6.02.